The summed E-state index contributed by atoms with van der Waals surface area (Å²) in [5.74, 6) is -0.155. The number of ether oxygens (including phenoxy) is 1. The van der Waals surface area contributed by atoms with Gasteiger partial charge in [0.05, 0.1) is 17.8 Å². The minimum absolute atomic E-state index is 0.00656. The lowest BCUT2D eigenvalue weighted by molar-refractivity contribution is -0.137. The topological polar surface area (TPSA) is 87.8 Å². The standard InChI is InChI=1S/C28H33N3O3/c1-18-8-9-20(24(15-27(32)33)23-10-11-25(30-3)28(29)19(23)2)14-22(18)17-31-12-13-34-26-7-5-4-6-21(26)16-31/h4-11,14,24,30H,12-13,15-17,29H2,1-3H3,(H,32,33)/t24-/m0/s1. The van der Waals surface area contributed by atoms with Gasteiger partial charge >= 0.3 is 5.97 Å². The van der Waals surface area contributed by atoms with Crippen LogP contribution >= 0.6 is 0 Å². The summed E-state index contributed by atoms with van der Waals surface area (Å²) in [6, 6.07) is 18.4. The normalized spacial score (nSPS) is 14.6. The van der Waals surface area contributed by atoms with Gasteiger partial charge in [-0.1, -0.05) is 42.5 Å². The molecule has 1 aliphatic rings. The molecule has 0 bridgehead atoms. The molecule has 0 amide bonds. The Labute approximate surface area is 201 Å². The van der Waals surface area contributed by atoms with Gasteiger partial charge in [0.1, 0.15) is 12.4 Å². The number of aryl methyl sites for hydroxylation is 1. The molecule has 1 atom stereocenters. The first-order chi connectivity index (χ1) is 16.4. The van der Waals surface area contributed by atoms with Gasteiger partial charge in [-0.05, 0) is 53.8 Å². The van der Waals surface area contributed by atoms with Gasteiger partial charge in [-0.2, -0.15) is 0 Å². The Balaban J connectivity index is 1.66. The molecule has 34 heavy (non-hydrogen) atoms. The molecular formula is C28H33N3O3. The second kappa shape index (κ2) is 10.2. The van der Waals surface area contributed by atoms with E-state index in [1.807, 2.05) is 44.3 Å². The summed E-state index contributed by atoms with van der Waals surface area (Å²) in [6.07, 6.45) is 0.00656. The van der Waals surface area contributed by atoms with Gasteiger partial charge in [-0.3, -0.25) is 9.69 Å². The van der Waals surface area contributed by atoms with Crippen LogP contribution in [0.3, 0.4) is 0 Å². The number of carboxylic acids is 1. The number of hydrogen-bond donors (Lipinski definition) is 3. The Hall–Kier alpha value is -3.51. The van der Waals surface area contributed by atoms with E-state index in [1.165, 1.54) is 16.7 Å². The summed E-state index contributed by atoms with van der Waals surface area (Å²) < 4.78 is 5.93. The highest BCUT2D eigenvalue weighted by Gasteiger charge is 2.23. The van der Waals surface area contributed by atoms with E-state index in [9.17, 15) is 9.90 Å². The number of aliphatic carboxylic acids is 1. The predicted molar refractivity (Wildman–Crippen MR) is 136 cm³/mol. The van der Waals surface area contributed by atoms with Crippen molar-refractivity contribution in [3.05, 3.63) is 88.0 Å². The maximum absolute atomic E-state index is 11.8. The molecule has 1 heterocycles. The number of fused-ring (bicyclic) bond motifs is 1. The summed E-state index contributed by atoms with van der Waals surface area (Å²) in [7, 11) is 1.83. The van der Waals surface area contributed by atoms with Crippen molar-refractivity contribution in [1.29, 1.82) is 0 Å². The maximum Gasteiger partial charge on any atom is 0.304 e. The second-order valence-corrected chi connectivity index (χ2v) is 8.99. The van der Waals surface area contributed by atoms with Crippen molar-refractivity contribution in [3.63, 3.8) is 0 Å². The monoisotopic (exact) mass is 459 g/mol. The van der Waals surface area contributed by atoms with E-state index in [-0.39, 0.29) is 12.3 Å². The lowest BCUT2D eigenvalue weighted by atomic mass is 9.84. The largest absolute Gasteiger partial charge is 0.492 e. The Morgan fingerprint density at radius 2 is 1.97 bits per heavy atom. The zero-order chi connectivity index (χ0) is 24.2. The SMILES string of the molecule is CNc1ccc([C@@H](CC(=O)O)c2ccc(C)c(CN3CCOc4ccccc4C3)c2)c(C)c1N. The molecule has 0 aromatic heterocycles. The second-order valence-electron chi connectivity index (χ2n) is 8.99. The molecule has 0 fully saturated rings. The summed E-state index contributed by atoms with van der Waals surface area (Å²) >= 11 is 0. The van der Waals surface area contributed by atoms with Crippen molar-refractivity contribution in [1.82, 2.24) is 4.90 Å². The highest BCUT2D eigenvalue weighted by Crippen LogP contribution is 2.36. The molecule has 0 saturated carbocycles. The van der Waals surface area contributed by atoms with Crippen LogP contribution in [0, 0.1) is 13.8 Å². The van der Waals surface area contributed by atoms with Crippen LogP contribution in [0.15, 0.2) is 54.6 Å². The van der Waals surface area contributed by atoms with E-state index in [2.05, 4.69) is 41.4 Å². The number of nitrogens with two attached hydrogens (primary N) is 1. The number of rotatable bonds is 7. The molecule has 1 aliphatic heterocycles. The van der Waals surface area contributed by atoms with Crippen LogP contribution in [-0.2, 0) is 17.9 Å². The van der Waals surface area contributed by atoms with Crippen molar-refractivity contribution in [2.45, 2.75) is 39.3 Å². The summed E-state index contributed by atoms with van der Waals surface area (Å²) in [6.45, 7) is 7.14. The molecule has 0 unspecified atom stereocenters. The van der Waals surface area contributed by atoms with Gasteiger partial charge in [-0.15, -0.1) is 0 Å². The molecular weight excluding hydrogens is 426 g/mol. The molecule has 3 aromatic carbocycles. The molecule has 0 aliphatic carbocycles. The molecule has 6 heteroatoms. The number of hydrogen-bond acceptors (Lipinski definition) is 5. The minimum Gasteiger partial charge on any atom is -0.492 e. The van der Waals surface area contributed by atoms with Crippen molar-refractivity contribution in [2.75, 3.05) is 31.2 Å². The third-order valence-corrected chi connectivity index (χ3v) is 6.78. The minimum atomic E-state index is -0.830. The molecule has 4 rings (SSSR count). The van der Waals surface area contributed by atoms with Crippen LogP contribution < -0.4 is 15.8 Å². The number of nitrogen functional groups attached to an aromatic ring is 1. The van der Waals surface area contributed by atoms with Gasteiger partial charge in [0.2, 0.25) is 0 Å². The van der Waals surface area contributed by atoms with Gasteiger partial charge in [0.15, 0.2) is 0 Å². The molecule has 178 valence electrons. The van der Waals surface area contributed by atoms with Gasteiger partial charge in [0.25, 0.3) is 0 Å². The predicted octanol–water partition coefficient (Wildman–Crippen LogP) is 4.93. The zero-order valence-electron chi connectivity index (χ0n) is 20.1. The van der Waals surface area contributed by atoms with Crippen molar-refractivity contribution in [2.24, 2.45) is 0 Å². The van der Waals surface area contributed by atoms with Crippen molar-refractivity contribution < 1.29 is 14.6 Å². The third kappa shape index (κ3) is 5.02. The van der Waals surface area contributed by atoms with E-state index in [0.29, 0.717) is 12.3 Å². The van der Waals surface area contributed by atoms with Crippen LogP contribution in [0.4, 0.5) is 11.4 Å². The fourth-order valence-electron chi connectivity index (χ4n) is 4.76. The van der Waals surface area contributed by atoms with Crippen LogP contribution in [0.1, 0.15) is 45.7 Å². The average Bonchev–Trinajstić information content (AvgIpc) is 3.02. The number of carboxylic acid groups (broad SMARTS) is 1. The lowest BCUT2D eigenvalue weighted by Crippen LogP contribution is -2.25. The van der Waals surface area contributed by atoms with E-state index in [4.69, 9.17) is 10.5 Å². The number of benzene rings is 3. The summed E-state index contributed by atoms with van der Waals surface area (Å²) in [5, 5.41) is 12.8. The Bertz CT molecular complexity index is 1190. The average molecular weight is 460 g/mol. The first-order valence-corrected chi connectivity index (χ1v) is 11.7. The first kappa shape index (κ1) is 23.6. The van der Waals surface area contributed by atoms with Gasteiger partial charge in [0, 0.05) is 38.2 Å². The molecule has 4 N–H and O–H groups in total. The number of para-hydroxylation sites is 1. The van der Waals surface area contributed by atoms with Crippen molar-refractivity contribution in [3.8, 4) is 5.75 Å². The van der Waals surface area contributed by atoms with Crippen LogP contribution in [-0.4, -0.2) is 36.2 Å². The van der Waals surface area contributed by atoms with Crippen molar-refractivity contribution >= 4 is 17.3 Å². The summed E-state index contributed by atoms with van der Waals surface area (Å²) in [5.41, 5.74) is 14.3. The molecule has 3 aromatic rings. The zero-order valence-corrected chi connectivity index (χ0v) is 20.1. The van der Waals surface area contributed by atoms with E-state index in [0.717, 1.165) is 47.8 Å². The molecule has 0 radical (unpaired) electrons. The van der Waals surface area contributed by atoms with E-state index >= 15 is 0 Å². The molecule has 0 saturated heterocycles. The maximum atomic E-state index is 11.8. The van der Waals surface area contributed by atoms with E-state index in [1.54, 1.807) is 0 Å². The Morgan fingerprint density at radius 3 is 2.74 bits per heavy atom. The quantitative estimate of drug-likeness (QED) is 0.434. The van der Waals surface area contributed by atoms with Gasteiger partial charge in [-0.25, -0.2) is 0 Å². The Kier molecular flexibility index (Phi) is 7.08. The summed E-state index contributed by atoms with van der Waals surface area (Å²) in [4.78, 5) is 14.2. The lowest BCUT2D eigenvalue weighted by Gasteiger charge is -2.24. The fraction of sp³-hybridized carbons (Fsp3) is 0.321. The molecule has 0 spiro atoms. The number of nitrogens with zero attached hydrogens (tertiary/aromatic N) is 1. The smallest absolute Gasteiger partial charge is 0.304 e. The highest BCUT2D eigenvalue weighted by molar-refractivity contribution is 5.74. The first-order valence-electron chi connectivity index (χ1n) is 11.7. The molecule has 6 nitrogen and oxygen atoms in total. The van der Waals surface area contributed by atoms with E-state index < -0.39 is 5.97 Å². The van der Waals surface area contributed by atoms with Crippen LogP contribution in [0.2, 0.25) is 0 Å². The Morgan fingerprint density at radius 1 is 1.18 bits per heavy atom. The highest BCUT2D eigenvalue weighted by atomic mass is 16.5. The fourth-order valence-corrected chi connectivity index (χ4v) is 4.76. The number of carbonyl (C=O) groups is 1. The third-order valence-electron chi connectivity index (χ3n) is 6.78. The van der Waals surface area contributed by atoms with Gasteiger partial charge < -0.3 is 20.9 Å². The van der Waals surface area contributed by atoms with Crippen LogP contribution in [0.5, 0.6) is 5.75 Å². The number of anilines is 2. The number of nitrogens with one attached hydrogen (secondary N) is 1. The van der Waals surface area contributed by atoms with Crippen LogP contribution in [0.25, 0.3) is 0 Å².